The first kappa shape index (κ1) is 27.9. The van der Waals surface area contributed by atoms with E-state index in [9.17, 15) is 19.8 Å². The molecule has 7 heteroatoms. The maximum absolute atomic E-state index is 13.1. The van der Waals surface area contributed by atoms with Gasteiger partial charge >= 0.3 is 11.9 Å². The Balaban J connectivity index is 1.67. The number of esters is 1. The molecular formula is C29H40O7. The minimum absolute atomic E-state index is 0.0333. The van der Waals surface area contributed by atoms with Crippen LogP contribution in [-0.2, 0) is 14.3 Å². The second-order valence-corrected chi connectivity index (χ2v) is 10.2. The summed E-state index contributed by atoms with van der Waals surface area (Å²) in [5.74, 6) is 0.227. The standard InChI is InChI=1S/C29H40O7/c1-4-25(35-23-13-8-18(2)9-14-23)29(34)36-26-7-5-6-20-11-10-19(3)24(28(20)26)15-12-21(30)16-22(31)17-27(32)33/h7-9,13-14,19,21-22,24-25,30-31H,4-6,10-12,15-17H2,1-3H3,(H,32,33). The molecule has 0 bridgehead atoms. The van der Waals surface area contributed by atoms with Crippen molar-refractivity contribution in [3.8, 4) is 5.75 Å². The molecule has 2 aliphatic rings. The van der Waals surface area contributed by atoms with Crippen molar-refractivity contribution in [3.05, 3.63) is 52.8 Å². The first-order chi connectivity index (χ1) is 17.2. The Hall–Kier alpha value is -2.64. The topological polar surface area (TPSA) is 113 Å². The Labute approximate surface area is 213 Å². The molecule has 0 heterocycles. The predicted molar refractivity (Wildman–Crippen MR) is 136 cm³/mol. The fourth-order valence-electron chi connectivity index (χ4n) is 5.26. The molecule has 3 rings (SSSR count). The van der Waals surface area contributed by atoms with Gasteiger partial charge in [-0.3, -0.25) is 4.79 Å². The normalized spacial score (nSPS) is 22.2. The van der Waals surface area contributed by atoms with Gasteiger partial charge in [-0.05, 0) is 93.9 Å². The summed E-state index contributed by atoms with van der Waals surface area (Å²) in [6.07, 6.45) is 4.45. The van der Waals surface area contributed by atoms with Crippen LogP contribution in [0, 0.1) is 18.8 Å². The van der Waals surface area contributed by atoms with Gasteiger partial charge in [-0.25, -0.2) is 4.79 Å². The number of carbonyl (C=O) groups excluding carboxylic acids is 1. The number of carbonyl (C=O) groups is 2. The molecule has 1 aromatic rings. The molecule has 36 heavy (non-hydrogen) atoms. The zero-order valence-corrected chi connectivity index (χ0v) is 21.6. The van der Waals surface area contributed by atoms with E-state index in [1.165, 1.54) is 5.57 Å². The van der Waals surface area contributed by atoms with E-state index < -0.39 is 30.3 Å². The fourth-order valence-corrected chi connectivity index (χ4v) is 5.26. The van der Waals surface area contributed by atoms with Crippen LogP contribution in [-0.4, -0.2) is 45.6 Å². The third-order valence-corrected chi connectivity index (χ3v) is 7.29. The van der Waals surface area contributed by atoms with Crippen LogP contribution in [0.1, 0.15) is 77.2 Å². The van der Waals surface area contributed by atoms with Crippen LogP contribution in [0.25, 0.3) is 0 Å². The lowest BCUT2D eigenvalue weighted by atomic mass is 9.70. The van der Waals surface area contributed by atoms with Crippen molar-refractivity contribution in [2.24, 2.45) is 11.8 Å². The van der Waals surface area contributed by atoms with Crippen LogP contribution < -0.4 is 4.74 Å². The number of allylic oxidation sites excluding steroid dienone is 3. The number of rotatable bonds is 12. The molecule has 5 atom stereocenters. The lowest BCUT2D eigenvalue weighted by Gasteiger charge is -2.37. The van der Waals surface area contributed by atoms with Crippen molar-refractivity contribution in [3.63, 3.8) is 0 Å². The summed E-state index contributed by atoms with van der Waals surface area (Å²) in [4.78, 5) is 23.9. The number of aliphatic carboxylic acids is 1. The molecule has 0 saturated carbocycles. The Kier molecular flexibility index (Phi) is 10.1. The van der Waals surface area contributed by atoms with Gasteiger partial charge in [0.05, 0.1) is 18.6 Å². The van der Waals surface area contributed by atoms with Crippen molar-refractivity contribution >= 4 is 11.9 Å². The molecule has 198 valence electrons. The number of aryl methyl sites for hydroxylation is 1. The zero-order valence-electron chi connectivity index (χ0n) is 21.6. The maximum Gasteiger partial charge on any atom is 0.352 e. The minimum Gasteiger partial charge on any atom is -0.481 e. The molecule has 0 radical (unpaired) electrons. The lowest BCUT2D eigenvalue weighted by Crippen LogP contribution is -2.31. The fraction of sp³-hybridized carbons (Fsp3) is 0.586. The van der Waals surface area contributed by atoms with Crippen molar-refractivity contribution in [2.45, 2.75) is 96.9 Å². The van der Waals surface area contributed by atoms with Crippen molar-refractivity contribution < 1.29 is 34.4 Å². The second-order valence-electron chi connectivity index (χ2n) is 10.2. The molecule has 0 aromatic heterocycles. The van der Waals surface area contributed by atoms with E-state index in [0.29, 0.717) is 36.7 Å². The first-order valence-electron chi connectivity index (χ1n) is 13.1. The summed E-state index contributed by atoms with van der Waals surface area (Å²) >= 11 is 0. The van der Waals surface area contributed by atoms with Gasteiger partial charge in [0.15, 0.2) is 6.10 Å². The van der Waals surface area contributed by atoms with Crippen molar-refractivity contribution in [2.75, 3.05) is 0 Å². The van der Waals surface area contributed by atoms with Crippen LogP contribution >= 0.6 is 0 Å². The van der Waals surface area contributed by atoms with E-state index in [1.54, 1.807) is 0 Å². The number of hydrogen-bond donors (Lipinski definition) is 3. The number of hydrogen-bond acceptors (Lipinski definition) is 6. The maximum atomic E-state index is 13.1. The smallest absolute Gasteiger partial charge is 0.352 e. The van der Waals surface area contributed by atoms with Gasteiger partial charge in [-0.1, -0.05) is 37.1 Å². The minimum atomic E-state index is -1.08. The average Bonchev–Trinajstić information content (AvgIpc) is 2.82. The van der Waals surface area contributed by atoms with Crippen LogP contribution in [0.4, 0.5) is 0 Å². The van der Waals surface area contributed by atoms with Crippen LogP contribution in [0.2, 0.25) is 0 Å². The van der Waals surface area contributed by atoms with Crippen LogP contribution in [0.15, 0.2) is 47.2 Å². The molecule has 0 saturated heterocycles. The van der Waals surface area contributed by atoms with Crippen LogP contribution in [0.5, 0.6) is 5.75 Å². The first-order valence-corrected chi connectivity index (χ1v) is 13.1. The number of aliphatic hydroxyl groups is 2. The molecule has 5 unspecified atom stereocenters. The average molecular weight is 501 g/mol. The number of benzene rings is 1. The van der Waals surface area contributed by atoms with E-state index in [-0.39, 0.29) is 18.8 Å². The van der Waals surface area contributed by atoms with E-state index in [0.717, 1.165) is 36.8 Å². The highest BCUT2D eigenvalue weighted by Gasteiger charge is 2.35. The van der Waals surface area contributed by atoms with Gasteiger partial charge in [0.2, 0.25) is 0 Å². The molecule has 0 spiro atoms. The molecule has 0 fully saturated rings. The summed E-state index contributed by atoms with van der Waals surface area (Å²) < 4.78 is 11.9. The lowest BCUT2D eigenvalue weighted by molar-refractivity contribution is -0.147. The van der Waals surface area contributed by atoms with E-state index in [4.69, 9.17) is 14.6 Å². The number of aliphatic hydroxyl groups excluding tert-OH is 2. The van der Waals surface area contributed by atoms with Crippen molar-refractivity contribution in [1.82, 2.24) is 0 Å². The highest BCUT2D eigenvalue weighted by atomic mass is 16.6. The van der Waals surface area contributed by atoms with E-state index in [1.807, 2.05) is 44.2 Å². The highest BCUT2D eigenvalue weighted by molar-refractivity contribution is 5.77. The highest BCUT2D eigenvalue weighted by Crippen LogP contribution is 2.45. The zero-order chi connectivity index (χ0) is 26.2. The van der Waals surface area contributed by atoms with Gasteiger partial charge in [0, 0.05) is 0 Å². The van der Waals surface area contributed by atoms with Gasteiger partial charge in [0.25, 0.3) is 0 Å². The van der Waals surface area contributed by atoms with Crippen molar-refractivity contribution in [1.29, 1.82) is 0 Å². The molecule has 7 nitrogen and oxygen atoms in total. The van der Waals surface area contributed by atoms with E-state index >= 15 is 0 Å². The SMILES string of the molecule is CCC(Oc1ccc(C)cc1)C(=O)OC1=CCCC2=C1C(CCC(O)CC(O)CC(=O)O)C(C)CC2. The second kappa shape index (κ2) is 13.1. The summed E-state index contributed by atoms with van der Waals surface area (Å²) in [6.45, 7) is 6.07. The quantitative estimate of drug-likeness (QED) is 0.343. The number of ether oxygens (including phenoxy) is 2. The van der Waals surface area contributed by atoms with Gasteiger partial charge in [-0.2, -0.15) is 0 Å². The predicted octanol–water partition coefficient (Wildman–Crippen LogP) is 5.08. The van der Waals surface area contributed by atoms with Crippen LogP contribution in [0.3, 0.4) is 0 Å². The largest absolute Gasteiger partial charge is 0.481 e. The third kappa shape index (κ3) is 7.68. The summed E-state index contributed by atoms with van der Waals surface area (Å²) in [5, 5.41) is 29.1. The Morgan fingerprint density at radius 2 is 1.83 bits per heavy atom. The Morgan fingerprint density at radius 1 is 1.11 bits per heavy atom. The summed E-state index contributed by atoms with van der Waals surface area (Å²) in [5.41, 5.74) is 3.51. The van der Waals surface area contributed by atoms with Gasteiger partial charge in [-0.15, -0.1) is 0 Å². The molecule has 0 aliphatic heterocycles. The molecule has 2 aliphatic carbocycles. The molecular weight excluding hydrogens is 460 g/mol. The number of carboxylic acid groups (broad SMARTS) is 1. The molecule has 1 aromatic carbocycles. The monoisotopic (exact) mass is 500 g/mol. The van der Waals surface area contributed by atoms with E-state index in [2.05, 4.69) is 6.92 Å². The summed E-state index contributed by atoms with van der Waals surface area (Å²) in [6, 6.07) is 7.58. The molecule has 3 N–H and O–H groups in total. The van der Waals surface area contributed by atoms with Gasteiger partial charge in [0.1, 0.15) is 11.5 Å². The Morgan fingerprint density at radius 3 is 2.50 bits per heavy atom. The summed E-state index contributed by atoms with van der Waals surface area (Å²) in [7, 11) is 0. The van der Waals surface area contributed by atoms with Gasteiger partial charge < -0.3 is 24.8 Å². The number of carboxylic acids is 1. The molecule has 0 amide bonds. The third-order valence-electron chi connectivity index (χ3n) is 7.29. The Bertz CT molecular complexity index is 962.